The van der Waals surface area contributed by atoms with Crippen LogP contribution < -0.4 is 4.65 Å². The molecule has 0 bridgehead atoms. The lowest BCUT2D eigenvalue weighted by molar-refractivity contribution is -0.135. The van der Waals surface area contributed by atoms with Crippen LogP contribution in [0.25, 0.3) is 0 Å². The van der Waals surface area contributed by atoms with Gasteiger partial charge in [0, 0.05) is 37.3 Å². The molecule has 1 aromatic carbocycles. The molecule has 1 unspecified atom stereocenters. The van der Waals surface area contributed by atoms with Crippen LogP contribution in [0, 0.1) is 5.21 Å². The van der Waals surface area contributed by atoms with Crippen LogP contribution in [0.4, 0.5) is 23.7 Å². The Morgan fingerprint density at radius 2 is 1.94 bits per heavy atom. The van der Waals surface area contributed by atoms with E-state index in [9.17, 15) is 28.3 Å². The highest BCUT2D eigenvalue weighted by Gasteiger charge is 2.58. The summed E-state index contributed by atoms with van der Waals surface area (Å²) in [5, 5.41) is 23.5. The summed E-state index contributed by atoms with van der Waals surface area (Å²) in [6, 6.07) is 7.35. The Labute approximate surface area is 189 Å². The minimum Gasteiger partial charge on any atom is -0.627 e. The maximum Gasteiger partial charge on any atom is 0.407 e. The van der Waals surface area contributed by atoms with Crippen molar-refractivity contribution in [3.8, 4) is 0 Å². The van der Waals surface area contributed by atoms with Crippen LogP contribution in [0.15, 0.2) is 24.3 Å². The largest absolute Gasteiger partial charge is 0.627 e. The second-order valence-corrected chi connectivity index (χ2v) is 9.64. The van der Waals surface area contributed by atoms with E-state index in [-0.39, 0.29) is 39.1 Å². The minimum atomic E-state index is -4.21. The third-order valence-corrected chi connectivity index (χ3v) is 7.28. The number of carbonyl (C=O) groups is 1. The minimum absolute atomic E-state index is 0.0326. The van der Waals surface area contributed by atoms with E-state index in [4.69, 9.17) is 4.98 Å². The quantitative estimate of drug-likeness (QED) is 0.527. The first-order valence-electron chi connectivity index (χ1n) is 11.4. The summed E-state index contributed by atoms with van der Waals surface area (Å²) in [6.07, 6.45) is -2.63. The van der Waals surface area contributed by atoms with E-state index in [0.717, 1.165) is 42.6 Å². The van der Waals surface area contributed by atoms with Crippen molar-refractivity contribution in [2.75, 3.05) is 19.6 Å². The number of halogens is 3. The van der Waals surface area contributed by atoms with E-state index in [1.807, 2.05) is 16.7 Å². The van der Waals surface area contributed by atoms with Gasteiger partial charge in [-0.05, 0) is 38.2 Å². The molecule has 1 atom stereocenters. The number of alkyl halides is 3. The molecule has 3 heterocycles. The fraction of sp³-hybridized carbons (Fsp3) is 0.565. The van der Waals surface area contributed by atoms with Crippen molar-refractivity contribution in [1.29, 1.82) is 0 Å². The molecule has 1 saturated heterocycles. The molecule has 3 aliphatic rings. The number of hydrogen-bond acceptors (Lipinski definition) is 3. The average molecular weight is 464 g/mol. The first-order valence-corrected chi connectivity index (χ1v) is 11.4. The number of carboxylic acid groups (broad SMARTS) is 1. The van der Waals surface area contributed by atoms with Crippen molar-refractivity contribution in [3.63, 3.8) is 0 Å². The van der Waals surface area contributed by atoms with Gasteiger partial charge in [-0.1, -0.05) is 18.2 Å². The van der Waals surface area contributed by atoms with Crippen molar-refractivity contribution < 1.29 is 23.1 Å². The number of aryl methyl sites for hydroxylation is 1. The van der Waals surface area contributed by atoms with Gasteiger partial charge in [-0.25, -0.2) is 9.78 Å². The third kappa shape index (κ3) is 3.89. The molecule has 1 aromatic heterocycles. The summed E-state index contributed by atoms with van der Waals surface area (Å²) in [7, 11) is 0. The van der Waals surface area contributed by atoms with Crippen molar-refractivity contribution in [3.05, 3.63) is 52.2 Å². The first kappa shape index (κ1) is 22.2. The maximum absolute atomic E-state index is 14.2. The first-order chi connectivity index (χ1) is 15.6. The van der Waals surface area contributed by atoms with E-state index in [1.165, 1.54) is 4.90 Å². The fourth-order valence-electron chi connectivity index (χ4n) is 5.88. The van der Waals surface area contributed by atoms with E-state index in [2.05, 4.69) is 0 Å². The summed E-state index contributed by atoms with van der Waals surface area (Å²) in [6.45, 7) is 0.980. The molecular weight excluding hydrogens is 437 g/mol. The highest BCUT2D eigenvalue weighted by molar-refractivity contribution is 5.70. The standard InChI is InChI=1S/C23H27F3N4O3/c24-23(25,26)10-5-11-29-18-8-3-2-7-17(18)27-20(29)12-30(33)15-22(13-28(14-22)21(31)32)16-6-1-4-9-19(16)30/h1,4,6,9H,2-3,5,7-8,10-15H2,(H,31,32). The van der Waals surface area contributed by atoms with Crippen LogP contribution in [0.3, 0.4) is 0 Å². The monoisotopic (exact) mass is 464 g/mol. The summed E-state index contributed by atoms with van der Waals surface area (Å²) >= 11 is 0. The zero-order valence-corrected chi connectivity index (χ0v) is 18.3. The predicted molar refractivity (Wildman–Crippen MR) is 116 cm³/mol. The zero-order chi connectivity index (χ0) is 23.4. The molecule has 2 aliphatic heterocycles. The lowest BCUT2D eigenvalue weighted by Gasteiger charge is -2.48. The molecule has 1 spiro atoms. The van der Waals surface area contributed by atoms with Crippen LogP contribution in [0.5, 0.6) is 0 Å². The van der Waals surface area contributed by atoms with Gasteiger partial charge < -0.3 is 24.4 Å². The second kappa shape index (κ2) is 7.73. The Balaban J connectivity index is 1.45. The molecule has 1 N–H and O–H groups in total. The van der Waals surface area contributed by atoms with E-state index in [0.29, 0.717) is 11.5 Å². The maximum atomic E-state index is 14.2. The van der Waals surface area contributed by atoms with Gasteiger partial charge in [0.05, 0.1) is 17.7 Å². The van der Waals surface area contributed by atoms with Gasteiger partial charge in [-0.3, -0.25) is 0 Å². The zero-order valence-electron chi connectivity index (χ0n) is 18.3. The number of imidazole rings is 1. The van der Waals surface area contributed by atoms with Crippen LogP contribution in [0.2, 0.25) is 0 Å². The number of hydroxylamine groups is 2. The number of aromatic nitrogens is 2. The summed E-state index contributed by atoms with van der Waals surface area (Å²) < 4.78 is 39.5. The number of hydrogen-bond donors (Lipinski definition) is 1. The van der Waals surface area contributed by atoms with Crippen molar-refractivity contribution in [1.82, 2.24) is 19.1 Å². The van der Waals surface area contributed by atoms with Gasteiger partial charge in [0.15, 0.2) is 5.82 Å². The molecule has 10 heteroatoms. The molecule has 33 heavy (non-hydrogen) atoms. The Kier molecular flexibility index (Phi) is 5.20. The molecule has 1 fully saturated rings. The second-order valence-electron chi connectivity index (χ2n) is 9.64. The number of para-hydroxylation sites is 1. The van der Waals surface area contributed by atoms with E-state index in [1.54, 1.807) is 12.1 Å². The van der Waals surface area contributed by atoms with Gasteiger partial charge in [0.1, 0.15) is 12.2 Å². The van der Waals surface area contributed by atoms with Crippen LogP contribution >= 0.6 is 0 Å². The molecule has 0 radical (unpaired) electrons. The van der Waals surface area contributed by atoms with Gasteiger partial charge in [0.2, 0.25) is 0 Å². The third-order valence-electron chi connectivity index (χ3n) is 7.28. The summed E-state index contributed by atoms with van der Waals surface area (Å²) in [5.74, 6) is 0.542. The molecule has 0 saturated carbocycles. The van der Waals surface area contributed by atoms with Crippen molar-refractivity contribution in [2.45, 2.75) is 63.2 Å². The molecule has 5 rings (SSSR count). The summed E-state index contributed by atoms with van der Waals surface area (Å²) in [4.78, 5) is 17.4. The Hall–Kier alpha value is -2.59. The molecule has 1 amide bonds. The summed E-state index contributed by atoms with van der Waals surface area (Å²) in [5.41, 5.74) is 2.82. The number of amides is 1. The fourth-order valence-corrected chi connectivity index (χ4v) is 5.88. The van der Waals surface area contributed by atoms with Crippen molar-refractivity contribution in [2.24, 2.45) is 0 Å². The Bertz CT molecular complexity index is 1080. The van der Waals surface area contributed by atoms with Crippen molar-refractivity contribution >= 4 is 11.8 Å². The highest BCUT2D eigenvalue weighted by atomic mass is 19.4. The van der Waals surface area contributed by atoms with E-state index >= 15 is 0 Å². The molecule has 2 aromatic rings. The topological polar surface area (TPSA) is 81.4 Å². The highest BCUT2D eigenvalue weighted by Crippen LogP contribution is 2.50. The van der Waals surface area contributed by atoms with Gasteiger partial charge in [0.25, 0.3) is 0 Å². The van der Waals surface area contributed by atoms with Crippen LogP contribution in [0.1, 0.15) is 48.5 Å². The predicted octanol–water partition coefficient (Wildman–Crippen LogP) is 4.35. The number of nitrogens with zero attached hydrogens (tertiary/aromatic N) is 4. The smallest absolute Gasteiger partial charge is 0.407 e. The number of likely N-dealkylation sites (tertiary alicyclic amines) is 1. The number of rotatable bonds is 5. The SMILES string of the molecule is O=C(O)N1CC2(C1)C[N+]([O-])(Cc1nc3c(n1CCCC(F)(F)F)CCCC3)c1ccccc12. The molecular formula is C23H27F3N4O3. The number of fused-ring (bicyclic) bond motifs is 3. The van der Waals surface area contributed by atoms with E-state index < -0.39 is 28.8 Å². The lowest BCUT2D eigenvalue weighted by atomic mass is 9.75. The number of benzene rings is 1. The number of quaternary nitrogens is 1. The average Bonchev–Trinajstić information content (AvgIpc) is 3.19. The van der Waals surface area contributed by atoms with Crippen LogP contribution in [-0.4, -0.2) is 51.5 Å². The molecule has 178 valence electrons. The Morgan fingerprint density at radius 1 is 1.21 bits per heavy atom. The Morgan fingerprint density at radius 3 is 2.67 bits per heavy atom. The lowest BCUT2D eigenvalue weighted by Crippen LogP contribution is -2.64. The van der Waals surface area contributed by atoms with Gasteiger partial charge in [-0.2, -0.15) is 13.2 Å². The van der Waals surface area contributed by atoms with Gasteiger partial charge in [-0.15, -0.1) is 0 Å². The van der Waals surface area contributed by atoms with Crippen LogP contribution in [-0.2, 0) is 31.3 Å². The van der Waals surface area contributed by atoms with Gasteiger partial charge >= 0.3 is 12.3 Å². The normalized spacial score (nSPS) is 23.3. The molecule has 1 aliphatic carbocycles. The molecule has 7 nitrogen and oxygen atoms in total.